The maximum absolute atomic E-state index is 10.7. The molecule has 0 N–H and O–H groups in total. The predicted molar refractivity (Wildman–Crippen MR) is 51.6 cm³/mol. The van der Waals surface area contributed by atoms with E-state index < -0.39 is 0 Å². The fourth-order valence-corrected chi connectivity index (χ4v) is 0.977. The fraction of sp³-hybridized carbons (Fsp3) is 0.900. The van der Waals surface area contributed by atoms with Gasteiger partial charge < -0.3 is 9.47 Å². The van der Waals surface area contributed by atoms with Gasteiger partial charge >= 0.3 is 5.97 Å². The van der Waals surface area contributed by atoms with Gasteiger partial charge in [-0.15, -0.1) is 0 Å². The number of rotatable bonds is 8. The lowest BCUT2D eigenvalue weighted by Crippen LogP contribution is -2.03. The van der Waals surface area contributed by atoms with Gasteiger partial charge in [-0.25, -0.2) is 0 Å². The van der Waals surface area contributed by atoms with Crippen molar-refractivity contribution < 1.29 is 14.3 Å². The van der Waals surface area contributed by atoms with Crippen LogP contribution in [0.15, 0.2) is 0 Å². The van der Waals surface area contributed by atoms with Gasteiger partial charge in [0.2, 0.25) is 0 Å². The number of carbonyl (C=O) groups excluding carboxylic acids is 1. The monoisotopic (exact) mass is 188 g/mol. The molecule has 78 valence electrons. The van der Waals surface area contributed by atoms with Crippen LogP contribution in [0.4, 0.5) is 0 Å². The molecule has 0 rings (SSSR count). The summed E-state index contributed by atoms with van der Waals surface area (Å²) in [7, 11) is 1.41. The SMILES string of the molecule is CCCCCOCCCC(=O)OC. The van der Waals surface area contributed by atoms with Gasteiger partial charge in [0.05, 0.1) is 7.11 Å². The lowest BCUT2D eigenvalue weighted by molar-refractivity contribution is -0.141. The molecule has 0 aromatic carbocycles. The van der Waals surface area contributed by atoms with E-state index in [9.17, 15) is 4.79 Å². The summed E-state index contributed by atoms with van der Waals surface area (Å²) < 4.78 is 9.82. The Bertz CT molecular complexity index is 123. The topological polar surface area (TPSA) is 35.5 Å². The summed E-state index contributed by atoms with van der Waals surface area (Å²) in [5.41, 5.74) is 0. The van der Waals surface area contributed by atoms with E-state index in [0.29, 0.717) is 13.0 Å². The van der Waals surface area contributed by atoms with Gasteiger partial charge in [-0.05, 0) is 12.8 Å². The average molecular weight is 188 g/mol. The van der Waals surface area contributed by atoms with Crippen molar-refractivity contribution in [2.75, 3.05) is 20.3 Å². The Kier molecular flexibility index (Phi) is 9.10. The molecule has 0 heterocycles. The molecule has 0 atom stereocenters. The van der Waals surface area contributed by atoms with E-state index in [2.05, 4.69) is 11.7 Å². The Balaban J connectivity index is 2.95. The van der Waals surface area contributed by atoms with Crippen LogP contribution >= 0.6 is 0 Å². The van der Waals surface area contributed by atoms with Crippen molar-refractivity contribution in [1.82, 2.24) is 0 Å². The molecule has 0 radical (unpaired) electrons. The molecule has 0 spiro atoms. The van der Waals surface area contributed by atoms with E-state index in [1.807, 2.05) is 0 Å². The first-order valence-electron chi connectivity index (χ1n) is 4.95. The summed E-state index contributed by atoms with van der Waals surface area (Å²) in [4.78, 5) is 10.7. The maximum atomic E-state index is 10.7. The first-order chi connectivity index (χ1) is 6.31. The smallest absolute Gasteiger partial charge is 0.305 e. The zero-order valence-electron chi connectivity index (χ0n) is 8.67. The summed E-state index contributed by atoms with van der Waals surface area (Å²) in [6.45, 7) is 3.64. The Labute approximate surface area is 80.4 Å². The lowest BCUT2D eigenvalue weighted by atomic mass is 10.3. The fourth-order valence-electron chi connectivity index (χ4n) is 0.977. The molecule has 0 saturated heterocycles. The van der Waals surface area contributed by atoms with E-state index in [4.69, 9.17) is 4.74 Å². The van der Waals surface area contributed by atoms with Crippen molar-refractivity contribution in [2.24, 2.45) is 0 Å². The van der Waals surface area contributed by atoms with Gasteiger partial charge in [-0.2, -0.15) is 0 Å². The Morgan fingerprint density at radius 1 is 1.15 bits per heavy atom. The maximum Gasteiger partial charge on any atom is 0.305 e. The molecule has 3 heteroatoms. The van der Waals surface area contributed by atoms with Crippen LogP contribution in [-0.2, 0) is 14.3 Å². The number of ether oxygens (including phenoxy) is 2. The largest absolute Gasteiger partial charge is 0.469 e. The van der Waals surface area contributed by atoms with Gasteiger partial charge in [0.15, 0.2) is 0 Å². The minimum atomic E-state index is -0.155. The van der Waals surface area contributed by atoms with Gasteiger partial charge in [0.1, 0.15) is 0 Å². The van der Waals surface area contributed by atoms with Crippen molar-refractivity contribution >= 4 is 5.97 Å². The lowest BCUT2D eigenvalue weighted by Gasteiger charge is -2.02. The molecule has 0 aliphatic rings. The van der Waals surface area contributed by atoms with Crippen LogP contribution < -0.4 is 0 Å². The third-order valence-electron chi connectivity index (χ3n) is 1.79. The zero-order chi connectivity index (χ0) is 9.94. The number of unbranched alkanes of at least 4 members (excludes halogenated alkanes) is 2. The van der Waals surface area contributed by atoms with E-state index in [1.165, 1.54) is 20.0 Å². The number of methoxy groups -OCH3 is 1. The standard InChI is InChI=1S/C10H20O3/c1-3-4-5-8-13-9-6-7-10(11)12-2/h3-9H2,1-2H3. The Morgan fingerprint density at radius 3 is 2.46 bits per heavy atom. The van der Waals surface area contributed by atoms with E-state index >= 15 is 0 Å². The highest BCUT2D eigenvalue weighted by Gasteiger charge is 1.98. The van der Waals surface area contributed by atoms with E-state index in [1.54, 1.807) is 0 Å². The highest BCUT2D eigenvalue weighted by Crippen LogP contribution is 1.96. The molecule has 0 aliphatic carbocycles. The highest BCUT2D eigenvalue weighted by atomic mass is 16.5. The van der Waals surface area contributed by atoms with Gasteiger partial charge in [-0.3, -0.25) is 4.79 Å². The summed E-state index contributed by atoms with van der Waals surface area (Å²) in [5.74, 6) is -0.155. The Morgan fingerprint density at radius 2 is 1.85 bits per heavy atom. The molecule has 0 bridgehead atoms. The third kappa shape index (κ3) is 9.34. The van der Waals surface area contributed by atoms with Crippen molar-refractivity contribution in [3.8, 4) is 0 Å². The molecule has 3 nitrogen and oxygen atoms in total. The van der Waals surface area contributed by atoms with Crippen LogP contribution in [0, 0.1) is 0 Å². The minimum absolute atomic E-state index is 0.155. The van der Waals surface area contributed by atoms with Crippen LogP contribution in [0.1, 0.15) is 39.0 Å². The zero-order valence-corrected chi connectivity index (χ0v) is 8.67. The molecule has 13 heavy (non-hydrogen) atoms. The molecule has 0 aliphatic heterocycles. The van der Waals surface area contributed by atoms with E-state index in [-0.39, 0.29) is 5.97 Å². The predicted octanol–water partition coefficient (Wildman–Crippen LogP) is 2.15. The molecule has 0 amide bonds. The van der Waals surface area contributed by atoms with Crippen LogP contribution in [-0.4, -0.2) is 26.3 Å². The second kappa shape index (κ2) is 9.52. The number of esters is 1. The summed E-state index contributed by atoms with van der Waals surface area (Å²) in [6.07, 6.45) is 4.78. The molecular weight excluding hydrogens is 168 g/mol. The first-order valence-corrected chi connectivity index (χ1v) is 4.95. The Hall–Kier alpha value is -0.570. The normalized spacial score (nSPS) is 10.0. The second-order valence-corrected chi connectivity index (χ2v) is 3.00. The minimum Gasteiger partial charge on any atom is -0.469 e. The van der Waals surface area contributed by atoms with Gasteiger partial charge in [0.25, 0.3) is 0 Å². The van der Waals surface area contributed by atoms with Crippen LogP contribution in [0.2, 0.25) is 0 Å². The highest BCUT2D eigenvalue weighted by molar-refractivity contribution is 5.68. The van der Waals surface area contributed by atoms with Crippen LogP contribution in [0.25, 0.3) is 0 Å². The number of hydrogen-bond acceptors (Lipinski definition) is 3. The third-order valence-corrected chi connectivity index (χ3v) is 1.79. The van der Waals surface area contributed by atoms with Crippen LogP contribution in [0.3, 0.4) is 0 Å². The number of carbonyl (C=O) groups is 1. The second-order valence-electron chi connectivity index (χ2n) is 3.00. The quantitative estimate of drug-likeness (QED) is 0.432. The summed E-state index contributed by atoms with van der Waals surface area (Å²) in [5, 5.41) is 0. The summed E-state index contributed by atoms with van der Waals surface area (Å²) >= 11 is 0. The van der Waals surface area contributed by atoms with Gasteiger partial charge in [-0.1, -0.05) is 19.8 Å². The van der Waals surface area contributed by atoms with Crippen molar-refractivity contribution in [3.05, 3.63) is 0 Å². The molecule has 0 aromatic heterocycles. The molecule has 0 fully saturated rings. The average Bonchev–Trinajstić information content (AvgIpc) is 2.16. The van der Waals surface area contributed by atoms with Crippen molar-refractivity contribution in [1.29, 1.82) is 0 Å². The molecule has 0 saturated carbocycles. The summed E-state index contributed by atoms with van der Waals surface area (Å²) in [6, 6.07) is 0. The van der Waals surface area contributed by atoms with Gasteiger partial charge in [0, 0.05) is 19.6 Å². The van der Waals surface area contributed by atoms with Crippen molar-refractivity contribution in [2.45, 2.75) is 39.0 Å². The number of hydrogen-bond donors (Lipinski definition) is 0. The molecule has 0 unspecified atom stereocenters. The van der Waals surface area contributed by atoms with E-state index in [0.717, 1.165) is 19.4 Å². The molecular formula is C10H20O3. The van der Waals surface area contributed by atoms with Crippen LogP contribution in [0.5, 0.6) is 0 Å². The van der Waals surface area contributed by atoms with Crippen molar-refractivity contribution in [3.63, 3.8) is 0 Å². The first kappa shape index (κ1) is 12.4. The molecule has 0 aromatic rings.